The molecule has 0 aliphatic rings. The second-order valence-electron chi connectivity index (χ2n) is 6.15. The Morgan fingerprint density at radius 3 is 2.65 bits per heavy atom. The number of ether oxygens (including phenoxy) is 1. The van der Waals surface area contributed by atoms with Gasteiger partial charge in [-0.15, -0.1) is 0 Å². The van der Waals surface area contributed by atoms with Gasteiger partial charge in [0.2, 0.25) is 0 Å². The highest BCUT2D eigenvalue weighted by Gasteiger charge is 2.15. The summed E-state index contributed by atoms with van der Waals surface area (Å²) < 4.78 is 7.02. The van der Waals surface area contributed by atoms with E-state index in [1.807, 2.05) is 47.1 Å². The average molecular weight is 341 g/mol. The first-order valence-corrected chi connectivity index (χ1v) is 8.52. The molecule has 5 heteroatoms. The monoisotopic (exact) mass is 341 g/mol. The lowest BCUT2D eigenvalue weighted by Crippen LogP contribution is -2.04. The van der Waals surface area contributed by atoms with Gasteiger partial charge >= 0.3 is 5.97 Å². The highest BCUT2D eigenvalue weighted by atomic mass is 16.5. The van der Waals surface area contributed by atoms with Gasteiger partial charge in [-0.05, 0) is 35.2 Å². The molecule has 3 aromatic carbocycles. The molecule has 0 fully saturated rings. The van der Waals surface area contributed by atoms with Crippen LogP contribution in [0.15, 0.2) is 60.9 Å². The van der Waals surface area contributed by atoms with Crippen LogP contribution in [0, 0.1) is 0 Å². The van der Waals surface area contributed by atoms with E-state index < -0.39 is 0 Å². The minimum atomic E-state index is -0.316. The molecule has 0 amide bonds. The van der Waals surface area contributed by atoms with Gasteiger partial charge in [-0.25, -0.2) is 14.3 Å². The number of carbonyl (C=O) groups is 1. The fraction of sp³-hybridized carbons (Fsp3) is 0.0952. The summed E-state index contributed by atoms with van der Waals surface area (Å²) in [5.74, 6) is -0.316. The summed E-state index contributed by atoms with van der Waals surface area (Å²) in [5, 5.41) is 9.68. The van der Waals surface area contributed by atoms with Gasteiger partial charge in [0.05, 0.1) is 23.9 Å². The van der Waals surface area contributed by atoms with Gasteiger partial charge < -0.3 is 4.74 Å². The molecule has 5 rings (SSSR count). The Bertz CT molecular complexity index is 1320. The van der Waals surface area contributed by atoms with Gasteiger partial charge in [0, 0.05) is 23.0 Å². The standard InChI is InChI=1S/C21H15N3O2/c1-2-26-21(25)13-7-8-15-14-5-3-4-6-16(14)20-18(17(15)11-13)12-22-19-9-10-23-24(19)20/h3-12H,2H2,1H3. The molecule has 0 spiro atoms. The summed E-state index contributed by atoms with van der Waals surface area (Å²) in [6.07, 6.45) is 3.60. The summed E-state index contributed by atoms with van der Waals surface area (Å²) in [7, 11) is 0. The van der Waals surface area contributed by atoms with Crippen molar-refractivity contribution in [2.75, 3.05) is 6.61 Å². The van der Waals surface area contributed by atoms with Crippen molar-refractivity contribution in [3.8, 4) is 0 Å². The summed E-state index contributed by atoms with van der Waals surface area (Å²) in [6, 6.07) is 15.8. The van der Waals surface area contributed by atoms with Gasteiger partial charge in [-0.3, -0.25) is 0 Å². The third-order valence-corrected chi connectivity index (χ3v) is 4.71. The molecule has 0 saturated carbocycles. The van der Waals surface area contributed by atoms with Gasteiger partial charge in [0.15, 0.2) is 5.65 Å². The van der Waals surface area contributed by atoms with Crippen LogP contribution in [-0.2, 0) is 4.74 Å². The van der Waals surface area contributed by atoms with Crippen LogP contribution in [0.25, 0.3) is 38.1 Å². The van der Waals surface area contributed by atoms with Gasteiger partial charge in [-0.2, -0.15) is 5.10 Å². The van der Waals surface area contributed by atoms with Crippen molar-refractivity contribution < 1.29 is 9.53 Å². The normalized spacial score (nSPS) is 11.6. The fourth-order valence-electron chi connectivity index (χ4n) is 3.60. The van der Waals surface area contributed by atoms with Crippen LogP contribution >= 0.6 is 0 Å². The van der Waals surface area contributed by atoms with E-state index in [9.17, 15) is 4.79 Å². The Hall–Kier alpha value is -3.47. The Morgan fingerprint density at radius 2 is 1.81 bits per heavy atom. The molecule has 2 heterocycles. The minimum absolute atomic E-state index is 0.316. The fourth-order valence-corrected chi connectivity index (χ4v) is 3.60. The smallest absolute Gasteiger partial charge is 0.338 e. The van der Waals surface area contributed by atoms with E-state index in [1.54, 1.807) is 13.1 Å². The van der Waals surface area contributed by atoms with Crippen LogP contribution in [0.2, 0.25) is 0 Å². The molecular formula is C21H15N3O2. The van der Waals surface area contributed by atoms with Crippen molar-refractivity contribution in [1.82, 2.24) is 14.6 Å². The molecule has 0 bridgehead atoms. The van der Waals surface area contributed by atoms with Crippen molar-refractivity contribution in [2.45, 2.75) is 6.92 Å². The SMILES string of the molecule is CCOC(=O)c1ccc2c3ccccc3c3c(cnc4ccnn43)c2c1. The van der Waals surface area contributed by atoms with Crippen molar-refractivity contribution in [3.05, 3.63) is 66.5 Å². The second-order valence-corrected chi connectivity index (χ2v) is 6.15. The molecule has 26 heavy (non-hydrogen) atoms. The number of carbonyl (C=O) groups excluding carboxylic acids is 1. The summed E-state index contributed by atoms with van der Waals surface area (Å²) in [5.41, 5.74) is 2.32. The highest BCUT2D eigenvalue weighted by Crippen LogP contribution is 2.35. The molecule has 0 radical (unpaired) electrons. The van der Waals surface area contributed by atoms with Crippen LogP contribution in [0.4, 0.5) is 0 Å². The molecule has 0 unspecified atom stereocenters. The van der Waals surface area contributed by atoms with Crippen LogP contribution in [0.1, 0.15) is 17.3 Å². The maximum atomic E-state index is 12.2. The Kier molecular flexibility index (Phi) is 3.15. The zero-order chi connectivity index (χ0) is 17.7. The van der Waals surface area contributed by atoms with E-state index in [0.29, 0.717) is 12.2 Å². The van der Waals surface area contributed by atoms with Gasteiger partial charge in [0.1, 0.15) is 0 Å². The number of benzene rings is 3. The van der Waals surface area contributed by atoms with Crippen molar-refractivity contribution in [2.24, 2.45) is 0 Å². The number of hydrogen-bond acceptors (Lipinski definition) is 4. The topological polar surface area (TPSA) is 56.5 Å². The minimum Gasteiger partial charge on any atom is -0.462 e. The molecule has 0 atom stereocenters. The molecule has 0 aliphatic carbocycles. The highest BCUT2D eigenvalue weighted by molar-refractivity contribution is 6.25. The molecule has 5 aromatic rings. The van der Waals surface area contributed by atoms with Crippen LogP contribution in [-0.4, -0.2) is 27.2 Å². The predicted octanol–water partition coefficient (Wildman–Crippen LogP) is 4.37. The van der Waals surface area contributed by atoms with Crippen molar-refractivity contribution in [1.29, 1.82) is 0 Å². The zero-order valence-electron chi connectivity index (χ0n) is 14.1. The van der Waals surface area contributed by atoms with E-state index in [0.717, 1.165) is 38.1 Å². The number of rotatable bonds is 2. The maximum absolute atomic E-state index is 12.2. The van der Waals surface area contributed by atoms with E-state index in [4.69, 9.17) is 4.74 Å². The average Bonchev–Trinajstić information content (AvgIpc) is 3.16. The summed E-state index contributed by atoms with van der Waals surface area (Å²) in [6.45, 7) is 2.16. The van der Waals surface area contributed by atoms with Gasteiger partial charge in [0.25, 0.3) is 0 Å². The quantitative estimate of drug-likeness (QED) is 0.353. The van der Waals surface area contributed by atoms with E-state index >= 15 is 0 Å². The van der Waals surface area contributed by atoms with E-state index in [2.05, 4.69) is 22.2 Å². The number of fused-ring (bicyclic) bond motifs is 8. The lowest BCUT2D eigenvalue weighted by atomic mass is 9.96. The van der Waals surface area contributed by atoms with Crippen molar-refractivity contribution in [3.63, 3.8) is 0 Å². The Labute approximate surface area is 148 Å². The number of esters is 1. The molecule has 0 aliphatic heterocycles. The maximum Gasteiger partial charge on any atom is 0.338 e. The lowest BCUT2D eigenvalue weighted by molar-refractivity contribution is 0.0526. The number of nitrogens with zero attached hydrogens (tertiary/aromatic N) is 3. The van der Waals surface area contributed by atoms with Crippen LogP contribution < -0.4 is 0 Å². The Morgan fingerprint density at radius 1 is 1.00 bits per heavy atom. The largest absolute Gasteiger partial charge is 0.462 e. The third-order valence-electron chi connectivity index (χ3n) is 4.71. The number of aromatic nitrogens is 3. The zero-order valence-corrected chi connectivity index (χ0v) is 14.1. The third kappa shape index (κ3) is 2.00. The van der Waals surface area contributed by atoms with Crippen LogP contribution in [0.5, 0.6) is 0 Å². The Balaban J connectivity index is 2.00. The van der Waals surface area contributed by atoms with E-state index in [-0.39, 0.29) is 5.97 Å². The summed E-state index contributed by atoms with van der Waals surface area (Å²) >= 11 is 0. The van der Waals surface area contributed by atoms with Crippen molar-refractivity contribution >= 4 is 44.1 Å². The molecule has 126 valence electrons. The van der Waals surface area contributed by atoms with E-state index in [1.165, 1.54) is 0 Å². The molecule has 0 saturated heterocycles. The first-order chi connectivity index (χ1) is 12.8. The molecule has 0 N–H and O–H groups in total. The molecule has 5 nitrogen and oxygen atoms in total. The number of hydrogen-bond donors (Lipinski definition) is 0. The molecule has 2 aromatic heterocycles. The first kappa shape index (κ1) is 14.8. The second kappa shape index (κ2) is 5.52. The first-order valence-electron chi connectivity index (χ1n) is 8.52. The summed E-state index contributed by atoms with van der Waals surface area (Å²) in [4.78, 5) is 16.7. The molecular weight excluding hydrogens is 326 g/mol. The van der Waals surface area contributed by atoms with Gasteiger partial charge in [-0.1, -0.05) is 30.3 Å². The predicted molar refractivity (Wildman–Crippen MR) is 101 cm³/mol. The lowest BCUT2D eigenvalue weighted by Gasteiger charge is -2.12. The van der Waals surface area contributed by atoms with Crippen LogP contribution in [0.3, 0.4) is 0 Å².